The van der Waals surface area contributed by atoms with Crippen LogP contribution in [-0.4, -0.2) is 31.4 Å². The van der Waals surface area contributed by atoms with Crippen molar-refractivity contribution in [2.45, 2.75) is 12.8 Å². The Labute approximate surface area is 143 Å². The third-order valence-electron chi connectivity index (χ3n) is 4.44. The quantitative estimate of drug-likeness (QED) is 0.771. The number of nitrogens with zero attached hydrogens (tertiary/aromatic N) is 2. The summed E-state index contributed by atoms with van der Waals surface area (Å²) in [6.45, 7) is 1.54. The van der Waals surface area contributed by atoms with Crippen molar-refractivity contribution < 1.29 is 14.7 Å². The number of carbonyl (C=O) groups excluding carboxylic acids is 1. The zero-order chi connectivity index (χ0) is 17.6. The van der Waals surface area contributed by atoms with E-state index in [4.69, 9.17) is 0 Å². The average Bonchev–Trinajstić information content (AvgIpc) is 3.25. The third-order valence-corrected chi connectivity index (χ3v) is 4.44. The molecule has 6 nitrogen and oxygen atoms in total. The summed E-state index contributed by atoms with van der Waals surface area (Å²) < 4.78 is 1.98. The summed E-state index contributed by atoms with van der Waals surface area (Å²) in [7, 11) is 0. The molecule has 0 saturated carbocycles. The summed E-state index contributed by atoms with van der Waals surface area (Å²) in [6, 6.07) is 9.69. The van der Waals surface area contributed by atoms with E-state index in [2.05, 4.69) is 9.97 Å². The number of hydrogen-bond donors (Lipinski definition) is 2. The lowest BCUT2D eigenvalue weighted by Crippen LogP contribution is -2.19. The monoisotopic (exact) mass is 333 g/mol. The second-order valence-corrected chi connectivity index (χ2v) is 5.96. The number of aromatic amines is 1. The predicted octanol–water partition coefficient (Wildman–Crippen LogP) is 2.98. The van der Waals surface area contributed by atoms with Gasteiger partial charge in [-0.25, -0.2) is 9.78 Å². The smallest absolute Gasteiger partial charge is 0.333 e. The maximum absolute atomic E-state index is 11.8. The molecular weight excluding hydrogens is 318 g/mol. The normalized spacial score (nSPS) is 17.5. The van der Waals surface area contributed by atoms with Crippen LogP contribution in [0.2, 0.25) is 0 Å². The van der Waals surface area contributed by atoms with E-state index in [9.17, 15) is 14.7 Å². The lowest BCUT2D eigenvalue weighted by Gasteiger charge is -2.17. The van der Waals surface area contributed by atoms with E-state index in [0.29, 0.717) is 5.82 Å². The van der Waals surface area contributed by atoms with Gasteiger partial charge in [-0.1, -0.05) is 6.08 Å². The van der Waals surface area contributed by atoms with Gasteiger partial charge in [0.15, 0.2) is 5.78 Å². The standard InChI is InChI=1S/C19H15N3O3/c1-11-16(23)7-5-13(17(11)19(24)25)18-20-14-6-4-12(10-15(14)21-18)22-8-2-3-9-22/h2-10,13H,1H3,(H,20,21)(H,24,25). The molecule has 0 bridgehead atoms. The van der Waals surface area contributed by atoms with Crippen LogP contribution in [0.3, 0.4) is 0 Å². The van der Waals surface area contributed by atoms with Crippen LogP contribution in [0.5, 0.6) is 0 Å². The van der Waals surface area contributed by atoms with Crippen LogP contribution in [0, 0.1) is 0 Å². The number of aromatic nitrogens is 3. The number of H-pyrrole nitrogens is 1. The Morgan fingerprint density at radius 2 is 2.04 bits per heavy atom. The van der Waals surface area contributed by atoms with E-state index >= 15 is 0 Å². The van der Waals surface area contributed by atoms with Crippen molar-refractivity contribution in [2.75, 3.05) is 0 Å². The summed E-state index contributed by atoms with van der Waals surface area (Å²) in [6.07, 6.45) is 6.89. The molecule has 0 radical (unpaired) electrons. The molecular formula is C19H15N3O3. The maximum Gasteiger partial charge on any atom is 0.333 e. The first-order valence-corrected chi connectivity index (χ1v) is 7.84. The molecule has 1 atom stereocenters. The first-order chi connectivity index (χ1) is 12.0. The molecule has 4 rings (SSSR count). The largest absolute Gasteiger partial charge is 0.478 e. The number of benzene rings is 1. The van der Waals surface area contributed by atoms with E-state index in [1.807, 2.05) is 47.3 Å². The summed E-state index contributed by atoms with van der Waals surface area (Å²) in [5.74, 6) is -1.44. The van der Waals surface area contributed by atoms with Crippen molar-refractivity contribution >= 4 is 22.8 Å². The van der Waals surface area contributed by atoms with Gasteiger partial charge in [0.2, 0.25) is 0 Å². The molecule has 25 heavy (non-hydrogen) atoms. The fraction of sp³-hybridized carbons (Fsp3) is 0.105. The van der Waals surface area contributed by atoms with E-state index in [0.717, 1.165) is 16.7 Å². The number of carboxylic acid groups (broad SMARTS) is 1. The number of aliphatic carboxylic acids is 1. The molecule has 0 aliphatic heterocycles. The van der Waals surface area contributed by atoms with Crippen LogP contribution in [0.1, 0.15) is 18.7 Å². The van der Waals surface area contributed by atoms with Crippen molar-refractivity contribution in [1.82, 2.24) is 14.5 Å². The minimum Gasteiger partial charge on any atom is -0.478 e. The summed E-state index contributed by atoms with van der Waals surface area (Å²) in [4.78, 5) is 31.2. The van der Waals surface area contributed by atoms with Crippen molar-refractivity contribution in [3.63, 3.8) is 0 Å². The minimum absolute atomic E-state index is 0.0668. The number of allylic oxidation sites excluding steroid dienone is 3. The molecule has 2 aromatic heterocycles. The van der Waals surface area contributed by atoms with Crippen LogP contribution in [0.25, 0.3) is 16.7 Å². The van der Waals surface area contributed by atoms with Gasteiger partial charge in [0, 0.05) is 23.7 Å². The molecule has 1 aromatic carbocycles. The highest BCUT2D eigenvalue weighted by molar-refractivity contribution is 6.11. The van der Waals surface area contributed by atoms with E-state index in [1.54, 1.807) is 6.08 Å². The van der Waals surface area contributed by atoms with Gasteiger partial charge in [-0.05, 0) is 43.3 Å². The molecule has 2 heterocycles. The average molecular weight is 333 g/mol. The Hall–Kier alpha value is -3.41. The van der Waals surface area contributed by atoms with Crippen LogP contribution in [0.15, 0.2) is 66.0 Å². The van der Waals surface area contributed by atoms with Gasteiger partial charge in [-0.15, -0.1) is 0 Å². The first kappa shape index (κ1) is 15.1. The highest BCUT2D eigenvalue weighted by atomic mass is 16.4. The number of nitrogens with one attached hydrogen (secondary N) is 1. The number of carbonyl (C=O) groups is 2. The van der Waals surface area contributed by atoms with Gasteiger partial charge in [0.25, 0.3) is 0 Å². The van der Waals surface area contributed by atoms with Gasteiger partial charge in [-0.3, -0.25) is 4.79 Å². The van der Waals surface area contributed by atoms with Crippen LogP contribution in [0.4, 0.5) is 0 Å². The Morgan fingerprint density at radius 1 is 1.28 bits per heavy atom. The molecule has 0 amide bonds. The summed E-state index contributed by atoms with van der Waals surface area (Å²) >= 11 is 0. The molecule has 1 aliphatic carbocycles. The zero-order valence-corrected chi connectivity index (χ0v) is 13.4. The van der Waals surface area contributed by atoms with Crippen LogP contribution in [-0.2, 0) is 9.59 Å². The number of hydrogen-bond acceptors (Lipinski definition) is 3. The third kappa shape index (κ3) is 2.48. The molecule has 124 valence electrons. The van der Waals surface area contributed by atoms with Crippen molar-refractivity contribution in [3.8, 4) is 5.69 Å². The maximum atomic E-state index is 11.8. The molecule has 2 N–H and O–H groups in total. The Kier molecular flexibility index (Phi) is 3.39. The van der Waals surface area contributed by atoms with E-state index < -0.39 is 11.9 Å². The highest BCUT2D eigenvalue weighted by Gasteiger charge is 2.30. The summed E-state index contributed by atoms with van der Waals surface area (Å²) in [5, 5.41) is 9.51. The predicted molar refractivity (Wildman–Crippen MR) is 92.6 cm³/mol. The molecule has 1 aliphatic rings. The first-order valence-electron chi connectivity index (χ1n) is 7.84. The Bertz CT molecular complexity index is 1050. The number of imidazole rings is 1. The zero-order valence-electron chi connectivity index (χ0n) is 13.4. The lowest BCUT2D eigenvalue weighted by molar-refractivity contribution is -0.133. The Balaban J connectivity index is 1.80. The number of carboxylic acids is 1. The molecule has 0 spiro atoms. The molecule has 0 fully saturated rings. The topological polar surface area (TPSA) is 88.0 Å². The second kappa shape index (κ2) is 5.59. The number of rotatable bonds is 3. The van der Waals surface area contributed by atoms with Gasteiger partial charge < -0.3 is 14.7 Å². The van der Waals surface area contributed by atoms with Crippen LogP contribution < -0.4 is 0 Å². The molecule has 3 aromatic rings. The SMILES string of the molecule is CC1=C(C(=O)O)C(c2nc3ccc(-n4cccc4)cc3[nH]2)C=CC1=O. The fourth-order valence-electron chi connectivity index (χ4n) is 3.12. The highest BCUT2D eigenvalue weighted by Crippen LogP contribution is 2.32. The molecule has 6 heteroatoms. The fourth-order valence-corrected chi connectivity index (χ4v) is 3.12. The van der Waals surface area contributed by atoms with Crippen molar-refractivity contribution in [1.29, 1.82) is 0 Å². The molecule has 1 unspecified atom stereocenters. The lowest BCUT2D eigenvalue weighted by atomic mass is 9.87. The van der Waals surface area contributed by atoms with Gasteiger partial charge in [0.1, 0.15) is 5.82 Å². The van der Waals surface area contributed by atoms with Gasteiger partial charge in [0.05, 0.1) is 22.5 Å². The van der Waals surface area contributed by atoms with Crippen molar-refractivity contribution in [3.05, 3.63) is 71.8 Å². The van der Waals surface area contributed by atoms with Crippen LogP contribution >= 0.6 is 0 Å². The number of ketones is 1. The van der Waals surface area contributed by atoms with Gasteiger partial charge >= 0.3 is 5.97 Å². The van der Waals surface area contributed by atoms with E-state index in [1.165, 1.54) is 13.0 Å². The molecule has 0 saturated heterocycles. The second-order valence-electron chi connectivity index (χ2n) is 5.96. The van der Waals surface area contributed by atoms with Gasteiger partial charge in [-0.2, -0.15) is 0 Å². The van der Waals surface area contributed by atoms with E-state index in [-0.39, 0.29) is 16.9 Å². The van der Waals surface area contributed by atoms with Crippen molar-refractivity contribution in [2.24, 2.45) is 0 Å². The Morgan fingerprint density at radius 3 is 2.76 bits per heavy atom. The minimum atomic E-state index is -1.10. The summed E-state index contributed by atoms with van der Waals surface area (Å²) in [5.41, 5.74) is 2.85. The number of fused-ring (bicyclic) bond motifs is 1.